The Bertz CT molecular complexity index is 647. The van der Waals surface area contributed by atoms with E-state index in [1.54, 1.807) is 0 Å². The lowest BCUT2D eigenvalue weighted by Gasteiger charge is -2.22. The van der Waals surface area contributed by atoms with Gasteiger partial charge in [0.15, 0.2) is 11.5 Å². The zero-order valence-corrected chi connectivity index (χ0v) is 13.8. The van der Waals surface area contributed by atoms with Crippen LogP contribution in [0.25, 0.3) is 0 Å². The van der Waals surface area contributed by atoms with Crippen molar-refractivity contribution in [3.05, 3.63) is 51.5 Å². The van der Waals surface area contributed by atoms with Gasteiger partial charge in [0.1, 0.15) is 13.2 Å². The lowest BCUT2D eigenvalue weighted by Crippen LogP contribution is -2.17. The molecule has 0 unspecified atom stereocenters. The normalized spacial score (nSPS) is 13.1. The molecule has 3 rings (SSSR count). The SMILES string of the molecule is Cc1cc(Br)cc(C)c1NCc1cccc2c1OCCO2. The van der Waals surface area contributed by atoms with Crippen molar-refractivity contribution < 1.29 is 9.47 Å². The predicted molar refractivity (Wildman–Crippen MR) is 88.4 cm³/mol. The molecule has 2 aromatic rings. The number of halogens is 1. The maximum absolute atomic E-state index is 5.75. The summed E-state index contributed by atoms with van der Waals surface area (Å²) in [6.07, 6.45) is 0. The van der Waals surface area contributed by atoms with Gasteiger partial charge in [0.2, 0.25) is 0 Å². The van der Waals surface area contributed by atoms with Crippen LogP contribution in [0.5, 0.6) is 11.5 Å². The van der Waals surface area contributed by atoms with Gasteiger partial charge in [-0.05, 0) is 43.2 Å². The highest BCUT2D eigenvalue weighted by Gasteiger charge is 2.15. The molecule has 21 heavy (non-hydrogen) atoms. The van der Waals surface area contributed by atoms with E-state index < -0.39 is 0 Å². The third kappa shape index (κ3) is 3.00. The summed E-state index contributed by atoms with van der Waals surface area (Å²) < 4.78 is 12.5. The molecule has 3 nitrogen and oxygen atoms in total. The molecular weight excluding hydrogens is 330 g/mol. The van der Waals surface area contributed by atoms with Gasteiger partial charge in [0.05, 0.1) is 0 Å². The van der Waals surface area contributed by atoms with E-state index in [4.69, 9.17) is 9.47 Å². The Morgan fingerprint density at radius 3 is 2.57 bits per heavy atom. The first kappa shape index (κ1) is 14.3. The van der Waals surface area contributed by atoms with Crippen molar-refractivity contribution >= 4 is 21.6 Å². The van der Waals surface area contributed by atoms with Crippen LogP contribution in [0.4, 0.5) is 5.69 Å². The Morgan fingerprint density at radius 2 is 1.81 bits per heavy atom. The van der Waals surface area contributed by atoms with Crippen molar-refractivity contribution in [2.24, 2.45) is 0 Å². The number of para-hydroxylation sites is 1. The number of fused-ring (bicyclic) bond motifs is 1. The number of benzene rings is 2. The summed E-state index contributed by atoms with van der Waals surface area (Å²) in [4.78, 5) is 0. The van der Waals surface area contributed by atoms with Crippen LogP contribution in [0.2, 0.25) is 0 Å². The number of hydrogen-bond acceptors (Lipinski definition) is 3. The summed E-state index contributed by atoms with van der Waals surface area (Å²) in [5, 5.41) is 3.52. The molecule has 0 saturated heterocycles. The highest BCUT2D eigenvalue weighted by atomic mass is 79.9. The van der Waals surface area contributed by atoms with Crippen LogP contribution in [0.3, 0.4) is 0 Å². The van der Waals surface area contributed by atoms with Crippen molar-refractivity contribution in [2.45, 2.75) is 20.4 Å². The Balaban J connectivity index is 1.83. The number of anilines is 1. The molecule has 0 radical (unpaired) electrons. The van der Waals surface area contributed by atoms with E-state index in [9.17, 15) is 0 Å². The van der Waals surface area contributed by atoms with Crippen LogP contribution in [0, 0.1) is 13.8 Å². The molecule has 1 N–H and O–H groups in total. The molecule has 0 aliphatic carbocycles. The molecule has 4 heteroatoms. The predicted octanol–water partition coefficient (Wildman–Crippen LogP) is 4.45. The third-order valence-corrected chi connectivity index (χ3v) is 4.06. The molecule has 2 aromatic carbocycles. The van der Waals surface area contributed by atoms with E-state index >= 15 is 0 Å². The van der Waals surface area contributed by atoms with Crippen LogP contribution < -0.4 is 14.8 Å². The molecule has 0 atom stereocenters. The fraction of sp³-hybridized carbons (Fsp3) is 0.294. The lowest BCUT2D eigenvalue weighted by atomic mass is 10.1. The lowest BCUT2D eigenvalue weighted by molar-refractivity contribution is 0.170. The van der Waals surface area contributed by atoms with Gasteiger partial charge < -0.3 is 14.8 Å². The van der Waals surface area contributed by atoms with Crippen molar-refractivity contribution in [3.63, 3.8) is 0 Å². The van der Waals surface area contributed by atoms with Crippen molar-refractivity contribution in [2.75, 3.05) is 18.5 Å². The molecule has 0 saturated carbocycles. The van der Waals surface area contributed by atoms with Gasteiger partial charge in [0.25, 0.3) is 0 Å². The molecule has 1 aliphatic rings. The number of hydrogen-bond donors (Lipinski definition) is 1. The molecule has 110 valence electrons. The summed E-state index contributed by atoms with van der Waals surface area (Å²) in [6, 6.07) is 10.3. The summed E-state index contributed by atoms with van der Waals surface area (Å²) in [6.45, 7) is 6.17. The van der Waals surface area contributed by atoms with E-state index in [1.807, 2.05) is 12.1 Å². The quantitative estimate of drug-likeness (QED) is 0.889. The smallest absolute Gasteiger partial charge is 0.166 e. The molecular formula is C17H18BrNO2. The number of rotatable bonds is 3. The Morgan fingerprint density at radius 1 is 1.10 bits per heavy atom. The van der Waals surface area contributed by atoms with Crippen LogP contribution in [-0.4, -0.2) is 13.2 Å². The minimum Gasteiger partial charge on any atom is -0.486 e. The summed E-state index contributed by atoms with van der Waals surface area (Å²) in [7, 11) is 0. The maximum atomic E-state index is 5.75. The Kier molecular flexibility index (Phi) is 4.06. The average molecular weight is 348 g/mol. The Labute approximate surface area is 133 Å². The molecule has 0 spiro atoms. The summed E-state index contributed by atoms with van der Waals surface area (Å²) in [5.41, 5.74) is 4.74. The van der Waals surface area contributed by atoms with Crippen LogP contribution in [0.1, 0.15) is 16.7 Å². The largest absolute Gasteiger partial charge is 0.486 e. The van der Waals surface area contributed by atoms with Crippen LogP contribution in [0.15, 0.2) is 34.8 Å². The van der Waals surface area contributed by atoms with E-state index in [0.29, 0.717) is 13.2 Å². The van der Waals surface area contributed by atoms with E-state index in [0.717, 1.165) is 28.1 Å². The maximum Gasteiger partial charge on any atom is 0.166 e. The molecule has 0 fully saturated rings. The van der Waals surface area contributed by atoms with Crippen molar-refractivity contribution in [1.29, 1.82) is 0 Å². The van der Waals surface area contributed by atoms with E-state index in [1.165, 1.54) is 16.8 Å². The first-order valence-corrected chi connectivity index (χ1v) is 7.82. The second kappa shape index (κ2) is 5.98. The van der Waals surface area contributed by atoms with Crippen LogP contribution >= 0.6 is 15.9 Å². The minimum absolute atomic E-state index is 0.611. The molecule has 0 bridgehead atoms. The number of ether oxygens (including phenoxy) is 2. The zero-order chi connectivity index (χ0) is 14.8. The van der Waals surface area contributed by atoms with Gasteiger partial charge in [-0.25, -0.2) is 0 Å². The number of nitrogens with one attached hydrogen (secondary N) is 1. The summed E-state index contributed by atoms with van der Waals surface area (Å²) >= 11 is 3.53. The van der Waals surface area contributed by atoms with Gasteiger partial charge in [-0.2, -0.15) is 0 Å². The molecule has 1 heterocycles. The second-order valence-electron chi connectivity index (χ2n) is 5.21. The van der Waals surface area contributed by atoms with Gasteiger partial charge in [-0.15, -0.1) is 0 Å². The first-order valence-electron chi connectivity index (χ1n) is 7.03. The standard InChI is InChI=1S/C17H18BrNO2/c1-11-8-14(18)9-12(2)16(11)19-10-13-4-3-5-15-17(13)21-7-6-20-15/h3-5,8-9,19H,6-7,10H2,1-2H3. The third-order valence-electron chi connectivity index (χ3n) is 3.60. The highest BCUT2D eigenvalue weighted by molar-refractivity contribution is 9.10. The molecule has 1 aliphatic heterocycles. The fourth-order valence-electron chi connectivity index (χ4n) is 2.65. The van der Waals surface area contributed by atoms with E-state index in [-0.39, 0.29) is 0 Å². The van der Waals surface area contributed by atoms with Gasteiger partial charge in [-0.1, -0.05) is 28.1 Å². The topological polar surface area (TPSA) is 30.5 Å². The van der Waals surface area contributed by atoms with Gasteiger partial charge in [0, 0.05) is 22.3 Å². The fourth-order valence-corrected chi connectivity index (χ4v) is 3.33. The second-order valence-corrected chi connectivity index (χ2v) is 6.13. The van der Waals surface area contributed by atoms with Crippen molar-refractivity contribution in [3.8, 4) is 11.5 Å². The minimum atomic E-state index is 0.611. The van der Waals surface area contributed by atoms with Crippen LogP contribution in [-0.2, 0) is 6.54 Å². The monoisotopic (exact) mass is 347 g/mol. The van der Waals surface area contributed by atoms with Crippen molar-refractivity contribution in [1.82, 2.24) is 0 Å². The zero-order valence-electron chi connectivity index (χ0n) is 12.2. The average Bonchev–Trinajstić information content (AvgIpc) is 2.46. The Hall–Kier alpha value is -1.68. The highest BCUT2D eigenvalue weighted by Crippen LogP contribution is 2.34. The molecule has 0 aromatic heterocycles. The van der Waals surface area contributed by atoms with E-state index in [2.05, 4.69) is 53.3 Å². The summed E-state index contributed by atoms with van der Waals surface area (Å²) in [5.74, 6) is 1.70. The van der Waals surface area contributed by atoms with Gasteiger partial charge >= 0.3 is 0 Å². The van der Waals surface area contributed by atoms with Gasteiger partial charge in [-0.3, -0.25) is 0 Å². The first-order chi connectivity index (χ1) is 10.1. The number of aryl methyl sites for hydroxylation is 2. The molecule has 0 amide bonds.